The van der Waals surface area contributed by atoms with E-state index < -0.39 is 0 Å². The lowest BCUT2D eigenvalue weighted by atomic mass is 10.2. The topological polar surface area (TPSA) is 65.1 Å². The zero-order chi connectivity index (χ0) is 20.7. The Kier molecular flexibility index (Phi) is 4.94. The first kappa shape index (κ1) is 19.1. The van der Waals surface area contributed by atoms with Crippen LogP contribution in [0.25, 0.3) is 22.4 Å². The van der Waals surface area contributed by atoms with Gasteiger partial charge in [0.1, 0.15) is 0 Å². The third-order valence-electron chi connectivity index (χ3n) is 4.52. The molecular weight excluding hydrogens is 441 g/mol. The number of thioether (sulfide) groups is 1. The van der Waals surface area contributed by atoms with E-state index in [0.717, 1.165) is 5.69 Å². The van der Waals surface area contributed by atoms with Crippen molar-refractivity contribution in [3.8, 4) is 5.69 Å². The predicted molar refractivity (Wildman–Crippen MR) is 120 cm³/mol. The zero-order valence-corrected chi connectivity index (χ0v) is 17.7. The maximum absolute atomic E-state index is 13.3. The molecular formula is C21H13Cl2N5OS. The molecule has 30 heavy (non-hydrogen) atoms. The first-order valence-corrected chi connectivity index (χ1v) is 10.7. The monoisotopic (exact) mass is 453 g/mol. The van der Waals surface area contributed by atoms with Gasteiger partial charge >= 0.3 is 0 Å². The number of halogens is 2. The molecule has 0 spiro atoms. The number of fused-ring (bicyclic) bond motifs is 2. The number of hydrogen-bond donors (Lipinski definition) is 0. The van der Waals surface area contributed by atoms with Gasteiger partial charge in [0.2, 0.25) is 5.78 Å². The van der Waals surface area contributed by atoms with E-state index in [1.54, 1.807) is 53.2 Å². The van der Waals surface area contributed by atoms with Crippen LogP contribution in [0.5, 0.6) is 0 Å². The van der Waals surface area contributed by atoms with Crippen molar-refractivity contribution in [3.05, 3.63) is 93.2 Å². The minimum absolute atomic E-state index is 0.168. The minimum atomic E-state index is -0.168. The molecule has 0 saturated carbocycles. The Bertz CT molecular complexity index is 1410. The lowest BCUT2D eigenvalue weighted by Gasteiger charge is -2.13. The summed E-state index contributed by atoms with van der Waals surface area (Å²) in [6.45, 7) is 0. The van der Waals surface area contributed by atoms with Gasteiger partial charge in [-0.15, -0.1) is 0 Å². The smallest absolute Gasteiger partial charge is 0.266 e. The van der Waals surface area contributed by atoms with Gasteiger partial charge in [-0.1, -0.05) is 35.0 Å². The fourth-order valence-electron chi connectivity index (χ4n) is 3.14. The highest BCUT2D eigenvalue weighted by Gasteiger charge is 2.15. The highest BCUT2D eigenvalue weighted by molar-refractivity contribution is 7.98. The van der Waals surface area contributed by atoms with E-state index in [9.17, 15) is 4.79 Å². The molecule has 148 valence electrons. The number of nitrogens with zero attached hydrogens (tertiary/aromatic N) is 5. The lowest BCUT2D eigenvalue weighted by molar-refractivity contribution is 0.819. The van der Waals surface area contributed by atoms with Crippen LogP contribution in [0.4, 0.5) is 0 Å². The molecule has 0 aliphatic heterocycles. The van der Waals surface area contributed by atoms with E-state index >= 15 is 0 Å². The Balaban J connectivity index is 1.61. The molecule has 0 aliphatic carbocycles. The van der Waals surface area contributed by atoms with E-state index in [2.05, 4.69) is 9.97 Å². The maximum atomic E-state index is 13.3. The molecule has 5 aromatic rings. The summed E-state index contributed by atoms with van der Waals surface area (Å²) in [7, 11) is 0. The number of aromatic nitrogens is 5. The minimum Gasteiger partial charge on any atom is -0.291 e. The molecule has 0 unspecified atom stereocenters. The predicted octanol–water partition coefficient (Wildman–Crippen LogP) is 5.03. The maximum Gasteiger partial charge on any atom is 0.266 e. The van der Waals surface area contributed by atoms with E-state index in [1.807, 2.05) is 22.9 Å². The van der Waals surface area contributed by atoms with Crippen molar-refractivity contribution >= 4 is 51.6 Å². The van der Waals surface area contributed by atoms with Gasteiger partial charge in [-0.05, 0) is 48.5 Å². The second-order valence-electron chi connectivity index (χ2n) is 6.52. The van der Waals surface area contributed by atoms with Crippen LogP contribution in [-0.4, -0.2) is 23.9 Å². The number of rotatable bonds is 4. The fraction of sp³-hybridized carbons (Fsp3) is 0.0476. The summed E-state index contributed by atoms with van der Waals surface area (Å²) in [5.74, 6) is 1.15. The van der Waals surface area contributed by atoms with Crippen molar-refractivity contribution in [3.63, 3.8) is 0 Å². The normalized spacial score (nSPS) is 11.4. The van der Waals surface area contributed by atoms with E-state index in [4.69, 9.17) is 28.2 Å². The zero-order valence-electron chi connectivity index (χ0n) is 15.4. The van der Waals surface area contributed by atoms with Gasteiger partial charge in [-0.2, -0.15) is 0 Å². The summed E-state index contributed by atoms with van der Waals surface area (Å²) < 4.78 is 3.45. The SMILES string of the molecule is O=c1c2ccc(Cl)cc2nc(SCc2cn3cccnc3n2)n1-c1ccc(Cl)cc1. The summed E-state index contributed by atoms with van der Waals surface area (Å²) in [6, 6.07) is 14.0. The van der Waals surface area contributed by atoms with Crippen molar-refractivity contribution in [2.75, 3.05) is 0 Å². The molecule has 0 N–H and O–H groups in total. The Morgan fingerprint density at radius 3 is 2.60 bits per heavy atom. The number of benzene rings is 2. The second-order valence-corrected chi connectivity index (χ2v) is 8.34. The molecule has 0 atom stereocenters. The Labute approximate surface area is 185 Å². The van der Waals surface area contributed by atoms with Crippen LogP contribution in [0.1, 0.15) is 5.69 Å². The largest absolute Gasteiger partial charge is 0.291 e. The van der Waals surface area contributed by atoms with Crippen LogP contribution in [0.3, 0.4) is 0 Å². The van der Waals surface area contributed by atoms with E-state index in [1.165, 1.54) is 11.8 Å². The summed E-state index contributed by atoms with van der Waals surface area (Å²) in [5.41, 5.74) is 1.91. The van der Waals surface area contributed by atoms with Crippen molar-refractivity contribution in [1.29, 1.82) is 0 Å². The molecule has 0 fully saturated rings. The fourth-order valence-corrected chi connectivity index (χ4v) is 4.33. The first-order valence-electron chi connectivity index (χ1n) is 8.98. The quantitative estimate of drug-likeness (QED) is 0.282. The summed E-state index contributed by atoms with van der Waals surface area (Å²) in [4.78, 5) is 26.8. The molecule has 6 nitrogen and oxygen atoms in total. The summed E-state index contributed by atoms with van der Waals surface area (Å²) in [6.07, 6.45) is 5.51. The molecule has 0 aliphatic rings. The second kappa shape index (κ2) is 7.75. The van der Waals surface area contributed by atoms with Gasteiger partial charge in [-0.25, -0.2) is 15.0 Å². The van der Waals surface area contributed by atoms with E-state index in [-0.39, 0.29) is 5.56 Å². The van der Waals surface area contributed by atoms with Crippen LogP contribution in [0.2, 0.25) is 10.0 Å². The highest BCUT2D eigenvalue weighted by atomic mass is 35.5. The highest BCUT2D eigenvalue weighted by Crippen LogP contribution is 2.26. The Morgan fingerprint density at radius 2 is 1.80 bits per heavy atom. The Hall–Kier alpha value is -2.87. The van der Waals surface area contributed by atoms with Crippen LogP contribution in [0.15, 0.2) is 77.1 Å². The summed E-state index contributed by atoms with van der Waals surface area (Å²) in [5, 5.41) is 2.16. The number of imidazole rings is 1. The van der Waals surface area contributed by atoms with E-state index in [0.29, 0.717) is 43.3 Å². The summed E-state index contributed by atoms with van der Waals surface area (Å²) >= 11 is 13.6. The standard InChI is InChI=1S/C21H13Cl2N5OS/c22-13-2-5-16(6-3-13)28-19(29)17-7-4-14(23)10-18(17)26-21(28)30-12-15-11-27-9-1-8-24-20(27)25-15/h1-11H,12H2. The molecule has 9 heteroatoms. The third-order valence-corrected chi connectivity index (χ3v) is 5.98. The van der Waals surface area contributed by atoms with Crippen molar-refractivity contribution in [2.24, 2.45) is 0 Å². The van der Waals surface area contributed by atoms with Crippen LogP contribution < -0.4 is 5.56 Å². The molecule has 0 bridgehead atoms. The lowest BCUT2D eigenvalue weighted by Crippen LogP contribution is -2.21. The number of hydrogen-bond acceptors (Lipinski definition) is 5. The van der Waals surface area contributed by atoms with Gasteiger partial charge in [-0.3, -0.25) is 13.8 Å². The van der Waals surface area contributed by atoms with Gasteiger partial charge in [0, 0.05) is 34.4 Å². The van der Waals surface area contributed by atoms with Crippen LogP contribution in [-0.2, 0) is 5.75 Å². The van der Waals surface area contributed by atoms with Crippen LogP contribution >= 0.6 is 35.0 Å². The van der Waals surface area contributed by atoms with Crippen molar-refractivity contribution < 1.29 is 0 Å². The van der Waals surface area contributed by atoms with Crippen molar-refractivity contribution in [1.82, 2.24) is 23.9 Å². The first-order chi connectivity index (χ1) is 14.6. The van der Waals surface area contributed by atoms with Gasteiger partial charge in [0.25, 0.3) is 5.56 Å². The van der Waals surface area contributed by atoms with Gasteiger partial charge in [0.05, 0.1) is 22.3 Å². The third kappa shape index (κ3) is 3.56. The molecule has 0 amide bonds. The Morgan fingerprint density at radius 1 is 1.00 bits per heavy atom. The molecule has 0 radical (unpaired) electrons. The molecule has 2 aromatic carbocycles. The molecule has 3 heterocycles. The average molecular weight is 454 g/mol. The van der Waals surface area contributed by atoms with Crippen molar-refractivity contribution in [2.45, 2.75) is 10.9 Å². The van der Waals surface area contributed by atoms with Crippen LogP contribution in [0, 0.1) is 0 Å². The molecule has 5 rings (SSSR count). The average Bonchev–Trinajstić information content (AvgIpc) is 3.16. The van der Waals surface area contributed by atoms with Gasteiger partial charge in [0.15, 0.2) is 5.16 Å². The molecule has 0 saturated heterocycles. The molecule has 3 aromatic heterocycles. The van der Waals surface area contributed by atoms with Gasteiger partial charge < -0.3 is 0 Å².